The third kappa shape index (κ3) is 6.50. The molecule has 0 atom stereocenters. The van der Waals surface area contributed by atoms with Crippen molar-refractivity contribution in [3.8, 4) is 101 Å². The van der Waals surface area contributed by atoms with Gasteiger partial charge in [-0.25, -0.2) is 19.9 Å². The van der Waals surface area contributed by atoms with E-state index in [-0.39, 0.29) is 0 Å². The summed E-state index contributed by atoms with van der Waals surface area (Å²) in [5, 5.41) is 0. The fourth-order valence-corrected chi connectivity index (χ4v) is 16.4. The highest BCUT2D eigenvalue weighted by Crippen LogP contribution is 2.66. The Balaban J connectivity index is 0.806. The van der Waals surface area contributed by atoms with Gasteiger partial charge in [-0.2, -0.15) is 0 Å². The molecule has 416 valence electrons. The van der Waals surface area contributed by atoms with E-state index in [4.69, 9.17) is 19.9 Å². The summed E-state index contributed by atoms with van der Waals surface area (Å²) in [6, 6.07) is 111. The standard InChI is InChI=1S/C84H50N6/c1-3-21-55(22-4-1)89-77-37-19-17-35-75(77)87-81(89)53-41-45-63-61-43-39-51(47-69(61)83(71(63)49-53)65-29-11-7-25-57(65)58-26-8-12-30-66(58)83)79-80(86-74-34-16-15-33-73(74)85-79)52-40-44-62-64-46-42-54(82-88-76-36-18-20-38-78(76)90(82)56-23-5-2-6-24-56)50-72(64)84(70(62)48-52)67-31-13-9-27-59(67)60-28-10-14-32-68(60)84/h1-50H. The van der Waals surface area contributed by atoms with Gasteiger partial charge in [-0.05, 0) is 174 Å². The zero-order valence-electron chi connectivity index (χ0n) is 48.6. The molecule has 0 fully saturated rings. The molecule has 0 aliphatic heterocycles. The molecule has 0 amide bonds. The van der Waals surface area contributed by atoms with Gasteiger partial charge >= 0.3 is 0 Å². The number of rotatable bonds is 6. The summed E-state index contributed by atoms with van der Waals surface area (Å²) in [4.78, 5) is 22.3. The number of hydrogen-bond donors (Lipinski definition) is 0. The number of hydrogen-bond acceptors (Lipinski definition) is 4. The van der Waals surface area contributed by atoms with Gasteiger partial charge in [0.25, 0.3) is 0 Å². The maximum Gasteiger partial charge on any atom is 0.145 e. The molecule has 0 saturated carbocycles. The van der Waals surface area contributed by atoms with Crippen LogP contribution in [0.5, 0.6) is 0 Å². The van der Waals surface area contributed by atoms with Gasteiger partial charge in [0.2, 0.25) is 0 Å². The average molecular weight is 1140 g/mol. The van der Waals surface area contributed by atoms with Crippen LogP contribution in [0.15, 0.2) is 303 Å². The van der Waals surface area contributed by atoms with Crippen LogP contribution in [0, 0.1) is 0 Å². The van der Waals surface area contributed by atoms with Crippen molar-refractivity contribution >= 4 is 33.1 Å². The van der Waals surface area contributed by atoms with Crippen molar-refractivity contribution in [2.75, 3.05) is 0 Å². The van der Waals surface area contributed by atoms with Crippen LogP contribution in [0.3, 0.4) is 0 Å². The summed E-state index contributed by atoms with van der Waals surface area (Å²) < 4.78 is 4.62. The van der Waals surface area contributed by atoms with Crippen LogP contribution in [0.25, 0.3) is 134 Å². The smallest absolute Gasteiger partial charge is 0.145 e. The van der Waals surface area contributed by atoms with Gasteiger partial charge in [0.15, 0.2) is 0 Å². The lowest BCUT2D eigenvalue weighted by Crippen LogP contribution is -2.26. The minimum atomic E-state index is -0.670. The van der Waals surface area contributed by atoms with Crippen molar-refractivity contribution in [2.45, 2.75) is 10.8 Å². The summed E-state index contributed by atoms with van der Waals surface area (Å²) in [6.07, 6.45) is 0. The second-order valence-corrected chi connectivity index (χ2v) is 24.3. The molecule has 3 aromatic heterocycles. The second-order valence-electron chi connectivity index (χ2n) is 24.3. The van der Waals surface area contributed by atoms with E-state index in [2.05, 4.69) is 312 Å². The van der Waals surface area contributed by atoms with Crippen LogP contribution in [0.4, 0.5) is 0 Å². The topological polar surface area (TPSA) is 61.4 Å². The quantitative estimate of drug-likeness (QED) is 0.166. The Hall–Kier alpha value is -11.9. The van der Waals surface area contributed by atoms with Crippen LogP contribution in [-0.2, 0) is 10.8 Å². The van der Waals surface area contributed by atoms with E-state index in [0.29, 0.717) is 0 Å². The second kappa shape index (κ2) is 18.3. The molecule has 0 bridgehead atoms. The molecule has 0 radical (unpaired) electrons. The van der Waals surface area contributed by atoms with Crippen molar-refractivity contribution in [1.82, 2.24) is 29.1 Å². The molecule has 3 heterocycles. The summed E-state index contributed by atoms with van der Waals surface area (Å²) in [6.45, 7) is 0. The summed E-state index contributed by atoms with van der Waals surface area (Å²) in [7, 11) is 0. The maximum atomic E-state index is 5.72. The molecule has 0 N–H and O–H groups in total. The lowest BCUT2D eigenvalue weighted by atomic mass is 9.70. The molecule has 6 nitrogen and oxygen atoms in total. The van der Waals surface area contributed by atoms with Crippen molar-refractivity contribution in [3.63, 3.8) is 0 Å². The van der Waals surface area contributed by atoms with E-state index in [9.17, 15) is 0 Å². The molecular formula is C84H50N6. The first kappa shape index (κ1) is 49.3. The van der Waals surface area contributed by atoms with Gasteiger partial charge in [0.05, 0.1) is 55.3 Å². The number of aromatic nitrogens is 6. The fourth-order valence-electron chi connectivity index (χ4n) is 16.4. The Morgan fingerprint density at radius 3 is 0.856 bits per heavy atom. The Bertz CT molecular complexity index is 5310. The first-order chi connectivity index (χ1) is 44.6. The summed E-state index contributed by atoms with van der Waals surface area (Å²) >= 11 is 0. The highest BCUT2D eigenvalue weighted by atomic mass is 15.1. The molecule has 20 rings (SSSR count). The lowest BCUT2D eigenvalue weighted by molar-refractivity contribution is 0.793. The molecule has 16 aromatic rings. The third-order valence-electron chi connectivity index (χ3n) is 20.0. The zero-order valence-corrected chi connectivity index (χ0v) is 48.6. The molecule has 2 spiro atoms. The predicted molar refractivity (Wildman–Crippen MR) is 363 cm³/mol. The van der Waals surface area contributed by atoms with Crippen molar-refractivity contribution in [2.24, 2.45) is 0 Å². The van der Waals surface area contributed by atoms with Crippen LogP contribution < -0.4 is 0 Å². The van der Waals surface area contributed by atoms with Crippen molar-refractivity contribution in [1.29, 1.82) is 0 Å². The fraction of sp³-hybridized carbons (Fsp3) is 0.0238. The van der Waals surface area contributed by atoms with E-state index in [1.54, 1.807) is 0 Å². The molecule has 90 heavy (non-hydrogen) atoms. The van der Waals surface area contributed by atoms with E-state index < -0.39 is 10.8 Å². The number of para-hydroxylation sites is 8. The molecule has 4 aliphatic carbocycles. The lowest BCUT2D eigenvalue weighted by Gasteiger charge is -2.31. The largest absolute Gasteiger partial charge is 0.292 e. The van der Waals surface area contributed by atoms with Crippen LogP contribution in [0.2, 0.25) is 0 Å². The van der Waals surface area contributed by atoms with Gasteiger partial charge in [0.1, 0.15) is 11.6 Å². The van der Waals surface area contributed by atoms with Gasteiger partial charge in [-0.1, -0.05) is 218 Å². The van der Waals surface area contributed by atoms with Gasteiger partial charge in [0, 0.05) is 33.6 Å². The Morgan fingerprint density at radius 1 is 0.211 bits per heavy atom. The summed E-state index contributed by atoms with van der Waals surface area (Å²) in [5.41, 5.74) is 32.1. The predicted octanol–water partition coefficient (Wildman–Crippen LogP) is 19.7. The Morgan fingerprint density at radius 2 is 0.489 bits per heavy atom. The molecule has 13 aromatic carbocycles. The number of fused-ring (bicyclic) bond motifs is 23. The van der Waals surface area contributed by atoms with Crippen molar-refractivity contribution in [3.05, 3.63) is 348 Å². The van der Waals surface area contributed by atoms with E-state index in [1.165, 1.54) is 89.0 Å². The summed E-state index contributed by atoms with van der Waals surface area (Å²) in [5.74, 6) is 1.81. The SMILES string of the molecule is c1ccc(-n2c(-c3ccc4c(c3)C3(c5ccccc5-c5ccccc53)c3cc(-c5nc6ccccc6nc5-c5ccc6c(c5)C5(c7ccccc7-c7ccccc75)c5cc(-c7nc8ccccc8n7-c7ccccc7)ccc5-6)ccc3-4)nc3ccccc32)cc1. The molecule has 4 aliphatic rings. The minimum absolute atomic E-state index is 0.670. The average Bonchev–Trinajstić information content (AvgIpc) is 1.52. The van der Waals surface area contributed by atoms with Gasteiger partial charge in [-0.3, -0.25) is 9.13 Å². The van der Waals surface area contributed by atoms with E-state index in [1.807, 2.05) is 0 Å². The molecular weight excluding hydrogens is 1090 g/mol. The number of benzene rings is 13. The van der Waals surface area contributed by atoms with Crippen molar-refractivity contribution < 1.29 is 0 Å². The number of imidazole rings is 2. The first-order valence-corrected chi connectivity index (χ1v) is 30.9. The normalized spacial score (nSPS) is 13.7. The highest BCUT2D eigenvalue weighted by molar-refractivity contribution is 6.01. The first-order valence-electron chi connectivity index (χ1n) is 30.9. The molecule has 0 saturated heterocycles. The number of nitrogens with zero attached hydrogens (tertiary/aromatic N) is 6. The minimum Gasteiger partial charge on any atom is -0.292 e. The van der Waals surface area contributed by atoms with Crippen LogP contribution in [0.1, 0.15) is 44.5 Å². The van der Waals surface area contributed by atoms with Crippen LogP contribution >= 0.6 is 0 Å². The van der Waals surface area contributed by atoms with Crippen LogP contribution in [-0.4, -0.2) is 29.1 Å². The highest BCUT2D eigenvalue weighted by Gasteiger charge is 2.54. The van der Waals surface area contributed by atoms with E-state index >= 15 is 0 Å². The third-order valence-corrected chi connectivity index (χ3v) is 20.0. The van der Waals surface area contributed by atoms with Gasteiger partial charge in [-0.15, -0.1) is 0 Å². The van der Waals surface area contributed by atoms with E-state index in [0.717, 1.165) is 89.8 Å². The van der Waals surface area contributed by atoms with Gasteiger partial charge < -0.3 is 0 Å². The zero-order chi connectivity index (χ0) is 58.8. The molecule has 0 unspecified atom stereocenters. The Kier molecular flexibility index (Phi) is 10.0. The molecule has 6 heteroatoms. The maximum absolute atomic E-state index is 5.72. The Labute approximate surface area is 519 Å². The monoisotopic (exact) mass is 1140 g/mol.